The summed E-state index contributed by atoms with van der Waals surface area (Å²) in [6, 6.07) is 12.5. The zero-order chi connectivity index (χ0) is 14.1. The van der Waals surface area contributed by atoms with Crippen molar-refractivity contribution in [3.63, 3.8) is 0 Å². The lowest BCUT2D eigenvalue weighted by molar-refractivity contribution is 0.631. The molecule has 0 radical (unpaired) electrons. The Hall–Kier alpha value is -2.62. The van der Waals surface area contributed by atoms with Crippen LogP contribution in [0.3, 0.4) is 0 Å². The number of pyridine rings is 1. The van der Waals surface area contributed by atoms with Gasteiger partial charge in [0, 0.05) is 17.3 Å². The summed E-state index contributed by atoms with van der Waals surface area (Å²) in [4.78, 5) is 4.26. The number of rotatable bonds is 2. The van der Waals surface area contributed by atoms with Crippen molar-refractivity contribution in [3.05, 3.63) is 60.0 Å². The second-order valence-corrected chi connectivity index (χ2v) is 4.71. The van der Waals surface area contributed by atoms with Crippen molar-refractivity contribution >= 4 is 28.0 Å². The van der Waals surface area contributed by atoms with Crippen LogP contribution in [0.2, 0.25) is 0 Å². The van der Waals surface area contributed by atoms with Crippen molar-refractivity contribution in [1.29, 1.82) is 0 Å². The fraction of sp³-hybridized carbons (Fsp3) is 0.0625. The average molecular weight is 267 g/mol. The van der Waals surface area contributed by atoms with Gasteiger partial charge in [-0.3, -0.25) is 4.98 Å². The van der Waals surface area contributed by atoms with Crippen LogP contribution in [-0.4, -0.2) is 4.98 Å². The highest BCUT2D eigenvalue weighted by molar-refractivity contribution is 5.98. The molecule has 0 spiro atoms. The number of para-hydroxylation sites is 1. The minimum absolute atomic E-state index is 0.279. The number of anilines is 3. The van der Waals surface area contributed by atoms with E-state index >= 15 is 0 Å². The highest BCUT2D eigenvalue weighted by atomic mass is 19.1. The van der Waals surface area contributed by atoms with Gasteiger partial charge in [-0.15, -0.1) is 0 Å². The molecule has 3 N–H and O–H groups in total. The molecule has 3 rings (SSSR count). The maximum absolute atomic E-state index is 13.9. The van der Waals surface area contributed by atoms with Crippen LogP contribution in [0.5, 0.6) is 0 Å². The van der Waals surface area contributed by atoms with Gasteiger partial charge in [-0.05, 0) is 36.8 Å². The molecule has 0 atom stereocenters. The molecule has 1 heterocycles. The summed E-state index contributed by atoms with van der Waals surface area (Å²) in [5.74, 6) is -0.279. The predicted octanol–water partition coefficient (Wildman–Crippen LogP) is 4.01. The lowest BCUT2D eigenvalue weighted by Gasteiger charge is -2.11. The molecular weight excluding hydrogens is 253 g/mol. The average Bonchev–Trinajstić information content (AvgIpc) is 2.43. The first-order valence-electron chi connectivity index (χ1n) is 6.31. The van der Waals surface area contributed by atoms with Gasteiger partial charge < -0.3 is 11.1 Å². The third-order valence-electron chi connectivity index (χ3n) is 3.20. The summed E-state index contributed by atoms with van der Waals surface area (Å²) >= 11 is 0. The van der Waals surface area contributed by atoms with E-state index in [0.29, 0.717) is 16.9 Å². The number of fused-ring (bicyclic) bond motifs is 1. The van der Waals surface area contributed by atoms with Crippen molar-refractivity contribution in [2.24, 2.45) is 0 Å². The summed E-state index contributed by atoms with van der Waals surface area (Å²) < 4.78 is 13.9. The molecule has 2 aromatic carbocycles. The minimum atomic E-state index is -0.279. The third kappa shape index (κ3) is 2.16. The van der Waals surface area contributed by atoms with Crippen LogP contribution < -0.4 is 11.1 Å². The Kier molecular flexibility index (Phi) is 2.99. The molecule has 0 aliphatic carbocycles. The molecule has 0 bridgehead atoms. The van der Waals surface area contributed by atoms with Crippen LogP contribution in [0.1, 0.15) is 5.56 Å². The molecule has 0 fully saturated rings. The van der Waals surface area contributed by atoms with Gasteiger partial charge in [0.1, 0.15) is 5.82 Å². The molecule has 100 valence electrons. The number of nitrogens with one attached hydrogen (secondary N) is 1. The number of aromatic nitrogens is 1. The van der Waals surface area contributed by atoms with E-state index in [2.05, 4.69) is 10.3 Å². The van der Waals surface area contributed by atoms with Crippen molar-refractivity contribution < 1.29 is 4.39 Å². The molecule has 0 aliphatic rings. The van der Waals surface area contributed by atoms with Crippen molar-refractivity contribution in [2.45, 2.75) is 6.92 Å². The van der Waals surface area contributed by atoms with Gasteiger partial charge in [-0.2, -0.15) is 0 Å². The van der Waals surface area contributed by atoms with Crippen LogP contribution in [-0.2, 0) is 0 Å². The molecule has 20 heavy (non-hydrogen) atoms. The SMILES string of the molecule is Cc1ccc(Nc2ccnc3c(N)cccc23)c(F)c1. The van der Waals surface area contributed by atoms with Gasteiger partial charge in [-0.25, -0.2) is 4.39 Å². The summed E-state index contributed by atoms with van der Waals surface area (Å²) in [5, 5.41) is 3.97. The molecule has 3 nitrogen and oxygen atoms in total. The quantitative estimate of drug-likeness (QED) is 0.690. The number of hydrogen-bond donors (Lipinski definition) is 2. The summed E-state index contributed by atoms with van der Waals surface area (Å²) in [5.41, 5.74) is 9.33. The number of benzene rings is 2. The highest BCUT2D eigenvalue weighted by Gasteiger charge is 2.07. The lowest BCUT2D eigenvalue weighted by Crippen LogP contribution is -1.97. The number of hydrogen-bond acceptors (Lipinski definition) is 3. The number of aryl methyl sites for hydroxylation is 1. The maximum atomic E-state index is 13.9. The number of halogens is 1. The standard InChI is InChI=1S/C16H14FN3/c1-10-5-6-15(12(17)9-10)20-14-7-8-19-16-11(14)3-2-4-13(16)18/h2-9H,18H2,1H3,(H,19,20). The molecule has 3 aromatic rings. The number of nitrogens with zero attached hydrogens (tertiary/aromatic N) is 1. The summed E-state index contributed by atoms with van der Waals surface area (Å²) in [7, 11) is 0. The molecule has 0 saturated heterocycles. The van der Waals surface area contributed by atoms with Crippen LogP contribution in [0.25, 0.3) is 10.9 Å². The predicted molar refractivity (Wildman–Crippen MR) is 80.6 cm³/mol. The van der Waals surface area contributed by atoms with Gasteiger partial charge in [0.05, 0.1) is 16.9 Å². The Balaban J connectivity index is 2.09. The first-order chi connectivity index (χ1) is 9.65. The molecule has 0 saturated carbocycles. The smallest absolute Gasteiger partial charge is 0.146 e. The maximum Gasteiger partial charge on any atom is 0.146 e. The molecular formula is C16H14FN3. The van der Waals surface area contributed by atoms with E-state index in [0.717, 1.165) is 16.6 Å². The van der Waals surface area contributed by atoms with E-state index in [1.54, 1.807) is 24.4 Å². The summed E-state index contributed by atoms with van der Waals surface area (Å²) in [6.45, 7) is 1.86. The number of nitrogen functional groups attached to an aromatic ring is 1. The minimum Gasteiger partial charge on any atom is -0.397 e. The number of nitrogens with two attached hydrogens (primary N) is 1. The first kappa shape index (κ1) is 12.4. The molecule has 0 unspecified atom stereocenters. The fourth-order valence-corrected chi connectivity index (χ4v) is 2.17. The Bertz CT molecular complexity index is 784. The summed E-state index contributed by atoms with van der Waals surface area (Å²) in [6.07, 6.45) is 1.66. The van der Waals surface area contributed by atoms with Crippen LogP contribution in [0.4, 0.5) is 21.5 Å². The van der Waals surface area contributed by atoms with E-state index in [4.69, 9.17) is 5.73 Å². The Morgan fingerprint density at radius 3 is 2.75 bits per heavy atom. The Morgan fingerprint density at radius 1 is 1.10 bits per heavy atom. The van der Waals surface area contributed by atoms with E-state index in [9.17, 15) is 4.39 Å². The fourth-order valence-electron chi connectivity index (χ4n) is 2.17. The van der Waals surface area contributed by atoms with Crippen molar-refractivity contribution in [3.8, 4) is 0 Å². The Labute approximate surface area is 116 Å². The molecule has 0 amide bonds. The lowest BCUT2D eigenvalue weighted by atomic mass is 10.1. The third-order valence-corrected chi connectivity index (χ3v) is 3.20. The van der Waals surface area contributed by atoms with E-state index in [-0.39, 0.29) is 5.82 Å². The first-order valence-corrected chi connectivity index (χ1v) is 6.31. The normalized spacial score (nSPS) is 10.7. The van der Waals surface area contributed by atoms with Gasteiger partial charge >= 0.3 is 0 Å². The highest BCUT2D eigenvalue weighted by Crippen LogP contribution is 2.29. The van der Waals surface area contributed by atoms with E-state index < -0.39 is 0 Å². The largest absolute Gasteiger partial charge is 0.397 e. The van der Waals surface area contributed by atoms with Gasteiger partial charge in [0.2, 0.25) is 0 Å². The second-order valence-electron chi connectivity index (χ2n) is 4.71. The molecule has 0 aliphatic heterocycles. The topological polar surface area (TPSA) is 50.9 Å². The zero-order valence-electron chi connectivity index (χ0n) is 11.0. The van der Waals surface area contributed by atoms with Gasteiger partial charge in [0.25, 0.3) is 0 Å². The monoisotopic (exact) mass is 267 g/mol. The van der Waals surface area contributed by atoms with Crippen molar-refractivity contribution in [2.75, 3.05) is 11.1 Å². The Morgan fingerprint density at radius 2 is 1.95 bits per heavy atom. The zero-order valence-corrected chi connectivity index (χ0v) is 11.0. The second kappa shape index (κ2) is 4.81. The van der Waals surface area contributed by atoms with E-state index in [1.807, 2.05) is 25.1 Å². The molecule has 1 aromatic heterocycles. The van der Waals surface area contributed by atoms with Gasteiger partial charge in [-0.1, -0.05) is 18.2 Å². The van der Waals surface area contributed by atoms with Crippen molar-refractivity contribution in [1.82, 2.24) is 4.98 Å². The van der Waals surface area contributed by atoms with Crippen LogP contribution in [0, 0.1) is 12.7 Å². The van der Waals surface area contributed by atoms with E-state index in [1.165, 1.54) is 6.07 Å². The molecule has 4 heteroatoms. The van der Waals surface area contributed by atoms with Crippen LogP contribution in [0.15, 0.2) is 48.7 Å². The van der Waals surface area contributed by atoms with Gasteiger partial charge in [0.15, 0.2) is 0 Å². The van der Waals surface area contributed by atoms with Crippen LogP contribution >= 0.6 is 0 Å².